The fourth-order valence-electron chi connectivity index (χ4n) is 2.11. The van der Waals surface area contributed by atoms with E-state index in [1.165, 1.54) is 19.1 Å². The maximum Gasteiger partial charge on any atom is 0.416 e. The van der Waals surface area contributed by atoms with Gasteiger partial charge in [0.25, 0.3) is 5.91 Å². The summed E-state index contributed by atoms with van der Waals surface area (Å²) in [6.45, 7) is 1.25. The zero-order valence-electron chi connectivity index (χ0n) is 14.9. The van der Waals surface area contributed by atoms with E-state index >= 15 is 0 Å². The first-order chi connectivity index (χ1) is 13.2. The highest BCUT2D eigenvalue weighted by Crippen LogP contribution is 2.30. The van der Waals surface area contributed by atoms with Gasteiger partial charge in [-0.25, -0.2) is 5.43 Å². The summed E-state index contributed by atoms with van der Waals surface area (Å²) in [6, 6.07) is 13.0. The fourth-order valence-corrected chi connectivity index (χ4v) is 2.11. The minimum absolute atomic E-state index is 0.0212. The molecule has 0 fully saturated rings. The Morgan fingerprint density at radius 1 is 1.04 bits per heavy atom. The molecule has 28 heavy (non-hydrogen) atoms. The summed E-state index contributed by atoms with van der Waals surface area (Å²) < 4.78 is 43.3. The van der Waals surface area contributed by atoms with Crippen LogP contribution in [-0.4, -0.2) is 24.1 Å². The second kappa shape index (κ2) is 9.54. The predicted octanol–water partition coefficient (Wildman–Crippen LogP) is 3.61. The van der Waals surface area contributed by atoms with Crippen LogP contribution in [-0.2, 0) is 15.8 Å². The highest BCUT2D eigenvalue weighted by Gasteiger charge is 2.30. The summed E-state index contributed by atoms with van der Waals surface area (Å²) in [5, 5.41) is 6.13. The lowest BCUT2D eigenvalue weighted by molar-refractivity contribution is -0.137. The maximum absolute atomic E-state index is 12.7. The average Bonchev–Trinajstić information content (AvgIpc) is 2.65. The molecule has 2 aromatic carbocycles. The quantitative estimate of drug-likeness (QED) is 0.557. The Kier molecular flexibility index (Phi) is 7.14. The number of nitrogens with zero attached hydrogens (tertiary/aromatic N) is 1. The number of hydrogen-bond donors (Lipinski definition) is 2. The van der Waals surface area contributed by atoms with Crippen molar-refractivity contribution in [3.8, 4) is 5.75 Å². The number of ether oxygens (including phenoxy) is 1. The van der Waals surface area contributed by atoms with E-state index in [9.17, 15) is 22.8 Å². The predicted molar refractivity (Wildman–Crippen MR) is 97.9 cm³/mol. The second-order valence-corrected chi connectivity index (χ2v) is 5.79. The van der Waals surface area contributed by atoms with Crippen LogP contribution in [0.25, 0.3) is 0 Å². The van der Waals surface area contributed by atoms with Gasteiger partial charge in [0.15, 0.2) is 6.61 Å². The second-order valence-electron chi connectivity index (χ2n) is 5.79. The van der Waals surface area contributed by atoms with Crippen molar-refractivity contribution in [3.63, 3.8) is 0 Å². The Hall–Kier alpha value is -3.36. The van der Waals surface area contributed by atoms with Crippen LogP contribution in [0, 0.1) is 0 Å². The average molecular weight is 393 g/mol. The summed E-state index contributed by atoms with van der Waals surface area (Å²) in [5.74, 6) is -0.546. The number of carbonyl (C=O) groups excluding carboxylic acids is 2. The number of hydrogen-bond acceptors (Lipinski definition) is 4. The van der Waals surface area contributed by atoms with Crippen LogP contribution in [0.4, 0.5) is 18.9 Å². The summed E-state index contributed by atoms with van der Waals surface area (Å²) in [6.07, 6.45) is -4.69. The topological polar surface area (TPSA) is 79.8 Å². The van der Waals surface area contributed by atoms with Crippen LogP contribution in [0.2, 0.25) is 0 Å². The van der Waals surface area contributed by atoms with Gasteiger partial charge in [0.2, 0.25) is 5.91 Å². The summed E-state index contributed by atoms with van der Waals surface area (Å²) in [5.41, 5.74) is 1.68. The van der Waals surface area contributed by atoms with Crippen molar-refractivity contribution in [3.05, 3.63) is 60.2 Å². The van der Waals surface area contributed by atoms with E-state index in [4.69, 9.17) is 4.74 Å². The minimum atomic E-state index is -4.50. The first-order valence-electron chi connectivity index (χ1n) is 8.21. The van der Waals surface area contributed by atoms with Crippen molar-refractivity contribution in [1.82, 2.24) is 5.43 Å². The van der Waals surface area contributed by atoms with E-state index in [0.717, 1.165) is 12.1 Å². The minimum Gasteiger partial charge on any atom is -0.484 e. The van der Waals surface area contributed by atoms with Gasteiger partial charge < -0.3 is 10.1 Å². The normalized spacial score (nSPS) is 11.6. The van der Waals surface area contributed by atoms with E-state index in [2.05, 4.69) is 15.8 Å². The van der Waals surface area contributed by atoms with Crippen LogP contribution in [0.5, 0.6) is 5.75 Å². The Balaban J connectivity index is 1.80. The lowest BCUT2D eigenvalue weighted by Crippen LogP contribution is -2.26. The number of amides is 2. The summed E-state index contributed by atoms with van der Waals surface area (Å²) in [4.78, 5) is 23.6. The highest BCUT2D eigenvalue weighted by atomic mass is 19.4. The van der Waals surface area contributed by atoms with Gasteiger partial charge in [-0.2, -0.15) is 18.3 Å². The number of carbonyl (C=O) groups is 2. The van der Waals surface area contributed by atoms with E-state index < -0.39 is 23.6 Å². The molecule has 0 atom stereocenters. The van der Waals surface area contributed by atoms with Gasteiger partial charge in [0.05, 0.1) is 12.0 Å². The van der Waals surface area contributed by atoms with Crippen molar-refractivity contribution in [1.29, 1.82) is 0 Å². The monoisotopic (exact) mass is 393 g/mol. The van der Waals surface area contributed by atoms with Crippen LogP contribution in [0.3, 0.4) is 0 Å². The van der Waals surface area contributed by atoms with Gasteiger partial charge in [0, 0.05) is 11.4 Å². The molecule has 0 saturated heterocycles. The van der Waals surface area contributed by atoms with Crippen LogP contribution in [0.1, 0.15) is 18.9 Å². The molecule has 0 unspecified atom stereocenters. The molecule has 0 radical (unpaired) electrons. The van der Waals surface area contributed by atoms with Crippen molar-refractivity contribution in [2.24, 2.45) is 5.10 Å². The van der Waals surface area contributed by atoms with Gasteiger partial charge >= 0.3 is 6.18 Å². The molecule has 0 aromatic heterocycles. The molecule has 2 aromatic rings. The first-order valence-corrected chi connectivity index (χ1v) is 8.21. The van der Waals surface area contributed by atoms with Gasteiger partial charge in [-0.3, -0.25) is 9.59 Å². The molecule has 9 heteroatoms. The molecule has 2 N–H and O–H groups in total. The van der Waals surface area contributed by atoms with Crippen LogP contribution < -0.4 is 15.5 Å². The number of anilines is 1. The Labute approximate surface area is 159 Å². The van der Waals surface area contributed by atoms with Crippen LogP contribution >= 0.6 is 0 Å². The van der Waals surface area contributed by atoms with E-state index in [1.54, 1.807) is 24.3 Å². The lowest BCUT2D eigenvalue weighted by atomic mass is 10.2. The number of hydrazone groups is 1. The van der Waals surface area contributed by atoms with Gasteiger partial charge in [-0.1, -0.05) is 24.3 Å². The van der Waals surface area contributed by atoms with Crippen molar-refractivity contribution < 1.29 is 27.5 Å². The molecule has 0 aliphatic rings. The zero-order valence-corrected chi connectivity index (χ0v) is 14.9. The van der Waals surface area contributed by atoms with Gasteiger partial charge in [0.1, 0.15) is 5.75 Å². The highest BCUT2D eigenvalue weighted by molar-refractivity contribution is 6.05. The number of para-hydroxylation sites is 1. The van der Waals surface area contributed by atoms with E-state index in [0.29, 0.717) is 5.75 Å². The largest absolute Gasteiger partial charge is 0.484 e. The lowest BCUT2D eigenvalue weighted by Gasteiger charge is -2.10. The molecule has 0 bridgehead atoms. The standard InChI is InChI=1S/C19H18F3N3O3/c1-13(24-25-18(27)12-28-16-8-3-2-4-9-16)10-17(26)23-15-7-5-6-14(11-15)19(20,21)22/h2-9,11H,10,12H2,1H3,(H,23,26)(H,25,27)/b24-13+. The molecule has 148 valence electrons. The Bertz CT molecular complexity index is 852. The molecule has 0 aliphatic carbocycles. The molecule has 0 saturated carbocycles. The molecule has 2 amide bonds. The van der Waals surface area contributed by atoms with Crippen molar-refractivity contribution in [2.75, 3.05) is 11.9 Å². The molecular weight excluding hydrogens is 375 g/mol. The number of nitrogens with one attached hydrogen (secondary N) is 2. The molecule has 6 nitrogen and oxygen atoms in total. The van der Waals surface area contributed by atoms with E-state index in [-0.39, 0.29) is 24.4 Å². The number of alkyl halides is 3. The summed E-state index contributed by atoms with van der Waals surface area (Å²) >= 11 is 0. The molecule has 0 aliphatic heterocycles. The molecule has 0 heterocycles. The van der Waals surface area contributed by atoms with Crippen molar-refractivity contribution in [2.45, 2.75) is 19.5 Å². The van der Waals surface area contributed by atoms with Gasteiger partial charge in [-0.05, 0) is 37.3 Å². The smallest absolute Gasteiger partial charge is 0.416 e. The first kappa shape index (κ1) is 20.9. The molecular formula is C19H18F3N3O3. The van der Waals surface area contributed by atoms with E-state index in [1.807, 2.05) is 6.07 Å². The zero-order chi connectivity index (χ0) is 20.6. The Morgan fingerprint density at radius 3 is 2.43 bits per heavy atom. The summed E-state index contributed by atoms with van der Waals surface area (Å²) in [7, 11) is 0. The Morgan fingerprint density at radius 2 is 1.75 bits per heavy atom. The maximum atomic E-state index is 12.7. The number of rotatable bonds is 7. The van der Waals surface area contributed by atoms with Gasteiger partial charge in [-0.15, -0.1) is 0 Å². The van der Waals surface area contributed by atoms with Crippen molar-refractivity contribution >= 4 is 23.2 Å². The van der Waals surface area contributed by atoms with Crippen LogP contribution in [0.15, 0.2) is 59.7 Å². The third-order valence-electron chi connectivity index (χ3n) is 3.37. The SMILES string of the molecule is C/C(CC(=O)Nc1cccc(C(F)(F)F)c1)=N\NC(=O)COc1ccccc1. The third-order valence-corrected chi connectivity index (χ3v) is 3.37. The molecule has 0 spiro atoms. The fraction of sp³-hybridized carbons (Fsp3) is 0.211. The third kappa shape index (κ3) is 7.10. The number of halogens is 3. The molecule has 2 rings (SSSR count). The number of benzene rings is 2.